The average molecular weight is 378 g/mol. The van der Waals surface area contributed by atoms with Crippen LogP contribution in [-0.4, -0.2) is 64.8 Å². The van der Waals surface area contributed by atoms with Gasteiger partial charge in [0, 0.05) is 33.1 Å². The van der Waals surface area contributed by atoms with Crippen molar-refractivity contribution in [1.29, 1.82) is 0 Å². The first kappa shape index (κ1) is 21.2. The van der Waals surface area contributed by atoms with Gasteiger partial charge in [-0.3, -0.25) is 4.79 Å². The first-order chi connectivity index (χ1) is 13.0. The summed E-state index contributed by atoms with van der Waals surface area (Å²) >= 11 is 0. The lowest BCUT2D eigenvalue weighted by Crippen LogP contribution is -2.48. The first-order valence-corrected chi connectivity index (χ1v) is 10.1. The molecule has 0 spiro atoms. The molecule has 2 atom stereocenters. The normalized spacial score (nSPS) is 17.9. The molecule has 0 saturated heterocycles. The maximum absolute atomic E-state index is 11.9. The van der Waals surface area contributed by atoms with E-state index in [1.165, 1.54) is 19.3 Å². The van der Waals surface area contributed by atoms with Crippen molar-refractivity contribution < 1.29 is 4.79 Å². The summed E-state index contributed by atoms with van der Waals surface area (Å²) in [5.74, 6) is 2.37. The molecule has 152 valence electrons. The van der Waals surface area contributed by atoms with Gasteiger partial charge in [-0.2, -0.15) is 5.10 Å². The van der Waals surface area contributed by atoms with Gasteiger partial charge in [0.2, 0.25) is 5.91 Å². The molecule has 0 saturated carbocycles. The number of aromatic nitrogens is 3. The Balaban J connectivity index is 1.96. The largest absolute Gasteiger partial charge is 0.356 e. The first-order valence-electron chi connectivity index (χ1n) is 10.1. The van der Waals surface area contributed by atoms with Gasteiger partial charge in [-0.25, -0.2) is 14.7 Å². The number of amides is 1. The number of unbranched alkanes of at least 4 members (excludes halogenated alkanes) is 1. The lowest BCUT2D eigenvalue weighted by molar-refractivity contribution is -0.127. The summed E-state index contributed by atoms with van der Waals surface area (Å²) in [5.41, 5.74) is 0. The van der Waals surface area contributed by atoms with Gasteiger partial charge in [-0.15, -0.1) is 0 Å². The quantitative estimate of drug-likeness (QED) is 0.502. The Bertz CT molecular complexity index is 611. The van der Waals surface area contributed by atoms with Gasteiger partial charge in [0.15, 0.2) is 5.96 Å². The molecular formula is C19H35N7O. The Morgan fingerprint density at radius 1 is 1.44 bits per heavy atom. The molecule has 0 radical (unpaired) electrons. The van der Waals surface area contributed by atoms with Gasteiger partial charge in [0.05, 0.1) is 6.54 Å². The number of hydrogen-bond acceptors (Lipinski definition) is 4. The summed E-state index contributed by atoms with van der Waals surface area (Å²) in [5, 5.41) is 11.2. The van der Waals surface area contributed by atoms with E-state index >= 15 is 0 Å². The molecule has 1 amide bonds. The molecule has 2 heterocycles. The molecule has 2 rings (SSSR count). The molecule has 1 aromatic heterocycles. The number of fused-ring (bicyclic) bond motifs is 1. The molecule has 1 aliphatic rings. The molecular weight excluding hydrogens is 342 g/mol. The third-order valence-corrected chi connectivity index (χ3v) is 5.12. The molecule has 8 nitrogen and oxygen atoms in total. The fraction of sp³-hybridized carbons (Fsp3) is 0.789. The third kappa shape index (κ3) is 6.84. The number of likely N-dealkylation sites (N-methyl/N-ethyl adjacent to an activating group) is 1. The van der Waals surface area contributed by atoms with Gasteiger partial charge in [-0.05, 0) is 18.8 Å². The fourth-order valence-electron chi connectivity index (χ4n) is 3.17. The Hall–Kier alpha value is -2.12. The monoisotopic (exact) mass is 377 g/mol. The second kappa shape index (κ2) is 10.9. The van der Waals surface area contributed by atoms with Crippen molar-refractivity contribution in [2.24, 2.45) is 10.9 Å². The summed E-state index contributed by atoms with van der Waals surface area (Å²) in [6.45, 7) is 6.25. The summed E-state index contributed by atoms with van der Waals surface area (Å²) in [7, 11) is 3.51. The molecule has 27 heavy (non-hydrogen) atoms. The summed E-state index contributed by atoms with van der Waals surface area (Å²) < 4.78 is 1.94. The zero-order valence-corrected chi connectivity index (χ0v) is 17.2. The van der Waals surface area contributed by atoms with Crippen LogP contribution in [0.25, 0.3) is 0 Å². The van der Waals surface area contributed by atoms with Crippen molar-refractivity contribution in [2.45, 2.75) is 65.0 Å². The number of rotatable bonds is 9. The molecule has 1 aromatic rings. The van der Waals surface area contributed by atoms with Crippen LogP contribution in [-0.2, 0) is 17.8 Å². The topological polar surface area (TPSA) is 87.4 Å². The van der Waals surface area contributed by atoms with E-state index in [1.54, 1.807) is 25.3 Å². The van der Waals surface area contributed by atoms with E-state index in [2.05, 4.69) is 39.6 Å². The van der Waals surface area contributed by atoms with E-state index in [-0.39, 0.29) is 18.5 Å². The van der Waals surface area contributed by atoms with Gasteiger partial charge in [0.25, 0.3) is 0 Å². The molecule has 2 unspecified atom stereocenters. The highest BCUT2D eigenvalue weighted by atomic mass is 16.2. The number of aliphatic imine (C=N–C) groups is 1. The second-order valence-electron chi connectivity index (χ2n) is 7.49. The number of guanidine groups is 1. The number of nitrogens with zero attached hydrogens (tertiary/aromatic N) is 5. The van der Waals surface area contributed by atoms with Crippen LogP contribution in [0, 0.1) is 5.92 Å². The minimum absolute atomic E-state index is 0.00340. The van der Waals surface area contributed by atoms with Crippen LogP contribution < -0.4 is 10.6 Å². The van der Waals surface area contributed by atoms with Crippen LogP contribution in [0.4, 0.5) is 0 Å². The zero-order valence-electron chi connectivity index (χ0n) is 17.2. The molecule has 0 aliphatic carbocycles. The van der Waals surface area contributed by atoms with Crippen molar-refractivity contribution in [3.8, 4) is 0 Å². The summed E-state index contributed by atoms with van der Waals surface area (Å²) in [6.07, 6.45) is 8.31. The minimum Gasteiger partial charge on any atom is -0.356 e. The molecule has 1 aliphatic heterocycles. The molecule has 8 heteroatoms. The maximum Gasteiger partial charge on any atom is 0.243 e. The van der Waals surface area contributed by atoms with Crippen molar-refractivity contribution >= 4 is 11.9 Å². The van der Waals surface area contributed by atoms with Crippen LogP contribution in [0.15, 0.2) is 11.3 Å². The van der Waals surface area contributed by atoms with Crippen LogP contribution in [0.5, 0.6) is 0 Å². The number of hydrogen-bond donors (Lipinski definition) is 2. The molecule has 0 bridgehead atoms. The van der Waals surface area contributed by atoms with Crippen LogP contribution in [0.2, 0.25) is 0 Å². The van der Waals surface area contributed by atoms with Crippen molar-refractivity contribution in [3.63, 3.8) is 0 Å². The highest BCUT2D eigenvalue weighted by Gasteiger charge is 2.21. The van der Waals surface area contributed by atoms with Gasteiger partial charge >= 0.3 is 0 Å². The molecule has 0 aromatic carbocycles. The third-order valence-electron chi connectivity index (χ3n) is 5.12. The van der Waals surface area contributed by atoms with Crippen molar-refractivity contribution in [3.05, 3.63) is 12.2 Å². The zero-order chi connectivity index (χ0) is 19.6. The average Bonchev–Trinajstić information content (AvgIpc) is 3.13. The Labute approximate surface area is 162 Å². The van der Waals surface area contributed by atoms with Gasteiger partial charge in [0.1, 0.15) is 18.7 Å². The van der Waals surface area contributed by atoms with E-state index in [4.69, 9.17) is 0 Å². The minimum atomic E-state index is -0.00340. The van der Waals surface area contributed by atoms with E-state index in [1.807, 2.05) is 4.68 Å². The van der Waals surface area contributed by atoms with E-state index in [0.717, 1.165) is 38.2 Å². The highest BCUT2D eigenvalue weighted by molar-refractivity contribution is 5.84. The fourth-order valence-corrected chi connectivity index (χ4v) is 3.17. The van der Waals surface area contributed by atoms with E-state index in [9.17, 15) is 4.79 Å². The predicted molar refractivity (Wildman–Crippen MR) is 108 cm³/mol. The second-order valence-corrected chi connectivity index (χ2v) is 7.49. The standard InChI is InChI=1S/C19H35N7O/c1-5-7-8-15(6-2)11-20-19(21-12-18(27)25(3)4)24-16-9-10-17-22-14-23-26(17)13-16/h14-16H,5-13H2,1-4H3,(H2,20,21,24). The van der Waals surface area contributed by atoms with Crippen molar-refractivity contribution in [2.75, 3.05) is 27.2 Å². The number of aryl methyl sites for hydroxylation is 1. The van der Waals surface area contributed by atoms with Crippen LogP contribution in [0.3, 0.4) is 0 Å². The summed E-state index contributed by atoms with van der Waals surface area (Å²) in [4.78, 5) is 22.3. The van der Waals surface area contributed by atoms with Crippen molar-refractivity contribution in [1.82, 2.24) is 30.3 Å². The van der Waals surface area contributed by atoms with Crippen LogP contribution in [0.1, 0.15) is 51.8 Å². The van der Waals surface area contributed by atoms with E-state index < -0.39 is 0 Å². The maximum atomic E-state index is 11.9. The number of nitrogens with one attached hydrogen (secondary N) is 2. The van der Waals surface area contributed by atoms with Crippen LogP contribution >= 0.6 is 0 Å². The Morgan fingerprint density at radius 3 is 2.96 bits per heavy atom. The number of carbonyl (C=O) groups excluding carboxylic acids is 1. The predicted octanol–water partition coefficient (Wildman–Crippen LogP) is 1.43. The lowest BCUT2D eigenvalue weighted by Gasteiger charge is -2.26. The summed E-state index contributed by atoms with van der Waals surface area (Å²) in [6, 6.07) is 0.232. The van der Waals surface area contributed by atoms with Gasteiger partial charge < -0.3 is 15.5 Å². The smallest absolute Gasteiger partial charge is 0.243 e. The Morgan fingerprint density at radius 2 is 2.26 bits per heavy atom. The van der Waals surface area contributed by atoms with Gasteiger partial charge in [-0.1, -0.05) is 33.1 Å². The SMILES string of the molecule is CCCCC(CC)CNC(=NCC(=O)N(C)C)NC1CCc2ncnn2C1. The highest BCUT2D eigenvalue weighted by Crippen LogP contribution is 2.12. The molecule has 2 N–H and O–H groups in total. The van der Waals surface area contributed by atoms with E-state index in [0.29, 0.717) is 11.9 Å². The lowest BCUT2D eigenvalue weighted by atomic mass is 9.99. The Kier molecular flexibility index (Phi) is 8.54. The number of carbonyl (C=O) groups is 1. The molecule has 0 fully saturated rings.